The molecule has 0 unspecified atom stereocenters. The van der Waals surface area contributed by atoms with Crippen LogP contribution in [0.25, 0.3) is 0 Å². The third kappa shape index (κ3) is 4.69. The lowest BCUT2D eigenvalue weighted by molar-refractivity contribution is -0.124. The zero-order valence-corrected chi connectivity index (χ0v) is 19.3. The van der Waals surface area contributed by atoms with Crippen molar-refractivity contribution in [3.05, 3.63) is 59.7 Å². The van der Waals surface area contributed by atoms with Crippen molar-refractivity contribution in [2.45, 2.75) is 75.6 Å². The molecule has 0 bridgehead atoms. The van der Waals surface area contributed by atoms with Gasteiger partial charge in [0.1, 0.15) is 0 Å². The van der Waals surface area contributed by atoms with E-state index in [1.54, 1.807) is 24.3 Å². The fraction of sp³-hybridized carbons (Fsp3) is 0.458. The zero-order chi connectivity index (χ0) is 22.2. The summed E-state index contributed by atoms with van der Waals surface area (Å²) < 4.78 is 28.1. The van der Waals surface area contributed by atoms with Gasteiger partial charge < -0.3 is 5.32 Å². The number of rotatable bonds is 7. The van der Waals surface area contributed by atoms with E-state index in [0.717, 1.165) is 30.4 Å². The van der Waals surface area contributed by atoms with E-state index < -0.39 is 15.4 Å². The number of hydrogen-bond donors (Lipinski definition) is 2. The molecule has 0 heterocycles. The molecule has 1 fully saturated rings. The Balaban J connectivity index is 1.73. The summed E-state index contributed by atoms with van der Waals surface area (Å²) in [6, 6.07) is 14.3. The summed E-state index contributed by atoms with van der Waals surface area (Å²) in [6.07, 6.45) is 2.53. The number of benzene rings is 2. The molecule has 6 heteroatoms. The SMILES string of the molecule is CC[C@H](C)NC(=O)C1(c2ccc(NS(=O)(=O)c3ccc(C(C)(C)C)cc3)cc2)CC1. The highest BCUT2D eigenvalue weighted by Gasteiger charge is 2.51. The first-order valence-corrected chi connectivity index (χ1v) is 12.0. The number of hydrogen-bond acceptors (Lipinski definition) is 3. The normalized spacial score (nSPS) is 16.6. The van der Waals surface area contributed by atoms with Crippen LogP contribution >= 0.6 is 0 Å². The highest BCUT2D eigenvalue weighted by molar-refractivity contribution is 7.92. The Morgan fingerprint density at radius 1 is 1.03 bits per heavy atom. The van der Waals surface area contributed by atoms with Crippen molar-refractivity contribution in [2.24, 2.45) is 0 Å². The van der Waals surface area contributed by atoms with Gasteiger partial charge in [0.05, 0.1) is 10.3 Å². The molecular formula is C24H32N2O3S. The molecule has 1 atom stereocenters. The highest BCUT2D eigenvalue weighted by Crippen LogP contribution is 2.48. The van der Waals surface area contributed by atoms with Gasteiger partial charge in [0.2, 0.25) is 5.91 Å². The van der Waals surface area contributed by atoms with Gasteiger partial charge in [-0.15, -0.1) is 0 Å². The Labute approximate surface area is 180 Å². The molecular weight excluding hydrogens is 396 g/mol. The molecule has 30 heavy (non-hydrogen) atoms. The topological polar surface area (TPSA) is 75.3 Å². The minimum atomic E-state index is -3.67. The van der Waals surface area contributed by atoms with E-state index in [4.69, 9.17) is 0 Å². The van der Waals surface area contributed by atoms with E-state index in [1.807, 2.05) is 38.1 Å². The van der Waals surface area contributed by atoms with Crippen molar-refractivity contribution in [3.8, 4) is 0 Å². The van der Waals surface area contributed by atoms with Crippen molar-refractivity contribution in [3.63, 3.8) is 0 Å². The van der Waals surface area contributed by atoms with Crippen molar-refractivity contribution in [2.75, 3.05) is 4.72 Å². The number of nitrogens with one attached hydrogen (secondary N) is 2. The second-order valence-electron chi connectivity index (χ2n) is 9.32. The Kier molecular flexibility index (Phi) is 6.01. The number of amides is 1. The van der Waals surface area contributed by atoms with Gasteiger partial charge in [0.15, 0.2) is 0 Å². The molecule has 1 amide bonds. The van der Waals surface area contributed by atoms with Crippen molar-refractivity contribution in [1.82, 2.24) is 5.32 Å². The van der Waals surface area contributed by atoms with Crippen LogP contribution in [-0.2, 0) is 25.6 Å². The van der Waals surface area contributed by atoms with Crippen LogP contribution in [0.4, 0.5) is 5.69 Å². The summed E-state index contributed by atoms with van der Waals surface area (Å²) in [6.45, 7) is 10.3. The molecule has 1 saturated carbocycles. The standard InChI is InChI=1S/C24H32N2O3S/c1-6-17(2)25-22(27)24(15-16-24)19-7-11-20(12-8-19)26-30(28,29)21-13-9-18(10-14-21)23(3,4)5/h7-14,17,26H,6,15-16H2,1-5H3,(H,25,27)/t17-/m0/s1. The van der Waals surface area contributed by atoms with E-state index in [9.17, 15) is 13.2 Å². The lowest BCUT2D eigenvalue weighted by Crippen LogP contribution is -2.39. The smallest absolute Gasteiger partial charge is 0.261 e. The Morgan fingerprint density at radius 2 is 1.60 bits per heavy atom. The van der Waals surface area contributed by atoms with E-state index in [1.165, 1.54) is 0 Å². The lowest BCUT2D eigenvalue weighted by Gasteiger charge is -2.20. The van der Waals surface area contributed by atoms with E-state index >= 15 is 0 Å². The molecule has 3 rings (SSSR count). The third-order valence-electron chi connectivity index (χ3n) is 5.89. The maximum atomic E-state index is 12.7. The second-order valence-corrected chi connectivity index (χ2v) is 11.0. The van der Waals surface area contributed by atoms with Crippen molar-refractivity contribution < 1.29 is 13.2 Å². The molecule has 0 radical (unpaired) electrons. The molecule has 1 aliphatic rings. The number of sulfonamides is 1. The first-order chi connectivity index (χ1) is 14.0. The quantitative estimate of drug-likeness (QED) is 0.669. The van der Waals surface area contributed by atoms with Gasteiger partial charge in [-0.25, -0.2) is 8.42 Å². The van der Waals surface area contributed by atoms with Crippen LogP contribution in [0.1, 0.15) is 65.0 Å². The average molecular weight is 429 g/mol. The highest BCUT2D eigenvalue weighted by atomic mass is 32.2. The minimum absolute atomic E-state index is 0.0362. The Bertz CT molecular complexity index is 1000. The zero-order valence-electron chi connectivity index (χ0n) is 18.5. The van der Waals surface area contributed by atoms with Gasteiger partial charge in [0, 0.05) is 11.7 Å². The van der Waals surface area contributed by atoms with E-state index in [2.05, 4.69) is 30.8 Å². The van der Waals surface area contributed by atoms with Gasteiger partial charge in [-0.1, -0.05) is 52.0 Å². The maximum Gasteiger partial charge on any atom is 0.261 e. The summed E-state index contributed by atoms with van der Waals surface area (Å²) in [7, 11) is -3.67. The fourth-order valence-corrected chi connectivity index (χ4v) is 4.50. The van der Waals surface area contributed by atoms with Crippen molar-refractivity contribution in [1.29, 1.82) is 0 Å². The molecule has 1 aliphatic carbocycles. The van der Waals surface area contributed by atoms with Crippen LogP contribution in [0, 0.1) is 0 Å². The van der Waals surface area contributed by atoms with Gasteiger partial charge >= 0.3 is 0 Å². The number of carbonyl (C=O) groups is 1. The minimum Gasteiger partial charge on any atom is -0.353 e. The molecule has 0 aromatic heterocycles. The molecule has 0 aliphatic heterocycles. The van der Waals surface area contributed by atoms with Crippen LogP contribution in [-0.4, -0.2) is 20.4 Å². The van der Waals surface area contributed by atoms with Gasteiger partial charge in [-0.2, -0.15) is 0 Å². The summed E-state index contributed by atoms with van der Waals surface area (Å²) >= 11 is 0. The molecule has 0 saturated heterocycles. The second kappa shape index (κ2) is 8.06. The number of carbonyl (C=O) groups excluding carboxylic acids is 1. The monoisotopic (exact) mass is 428 g/mol. The summed E-state index contributed by atoms with van der Waals surface area (Å²) in [5.41, 5.74) is 1.99. The van der Waals surface area contributed by atoms with Gasteiger partial charge in [0.25, 0.3) is 10.0 Å². The fourth-order valence-electron chi connectivity index (χ4n) is 3.44. The average Bonchev–Trinajstić information content (AvgIpc) is 3.49. The first-order valence-electron chi connectivity index (χ1n) is 10.5. The van der Waals surface area contributed by atoms with E-state index in [0.29, 0.717) is 5.69 Å². The van der Waals surface area contributed by atoms with Crippen molar-refractivity contribution >= 4 is 21.6 Å². The Hall–Kier alpha value is -2.34. The lowest BCUT2D eigenvalue weighted by atomic mass is 9.87. The third-order valence-corrected chi connectivity index (χ3v) is 7.29. The molecule has 0 spiro atoms. The summed E-state index contributed by atoms with van der Waals surface area (Å²) in [5.74, 6) is 0.0594. The first kappa shape index (κ1) is 22.3. The van der Waals surface area contributed by atoms with Gasteiger partial charge in [-0.05, 0) is 67.0 Å². The molecule has 2 aromatic carbocycles. The number of anilines is 1. The predicted molar refractivity (Wildman–Crippen MR) is 121 cm³/mol. The molecule has 162 valence electrons. The van der Waals surface area contributed by atoms with E-state index in [-0.39, 0.29) is 22.3 Å². The molecule has 2 aromatic rings. The Morgan fingerprint density at radius 3 is 2.07 bits per heavy atom. The van der Waals surface area contributed by atoms with Crippen LogP contribution in [0.3, 0.4) is 0 Å². The maximum absolute atomic E-state index is 12.7. The molecule has 5 nitrogen and oxygen atoms in total. The summed E-state index contributed by atoms with van der Waals surface area (Å²) in [5, 5.41) is 3.07. The van der Waals surface area contributed by atoms with Gasteiger partial charge in [-0.3, -0.25) is 9.52 Å². The van der Waals surface area contributed by atoms with Crippen LogP contribution in [0.2, 0.25) is 0 Å². The largest absolute Gasteiger partial charge is 0.353 e. The van der Waals surface area contributed by atoms with Crippen LogP contribution < -0.4 is 10.0 Å². The van der Waals surface area contributed by atoms with Crippen LogP contribution in [0.15, 0.2) is 53.4 Å². The van der Waals surface area contributed by atoms with Crippen LogP contribution in [0.5, 0.6) is 0 Å². The predicted octanol–water partition coefficient (Wildman–Crippen LogP) is 4.73. The summed E-state index contributed by atoms with van der Waals surface area (Å²) in [4.78, 5) is 12.9. The molecule has 2 N–H and O–H groups in total.